The molecular formula is C15H17N3O2S. The third kappa shape index (κ3) is 3.05. The van der Waals surface area contributed by atoms with E-state index < -0.39 is 0 Å². The van der Waals surface area contributed by atoms with Crippen LogP contribution in [0.4, 0.5) is 5.13 Å². The van der Waals surface area contributed by atoms with E-state index in [9.17, 15) is 4.79 Å². The Morgan fingerprint density at radius 1 is 1.43 bits per heavy atom. The second-order valence-electron chi connectivity index (χ2n) is 4.84. The summed E-state index contributed by atoms with van der Waals surface area (Å²) in [5, 5.41) is 3.53. The number of fused-ring (bicyclic) bond motifs is 1. The van der Waals surface area contributed by atoms with Crippen molar-refractivity contribution in [3.05, 3.63) is 34.5 Å². The largest absolute Gasteiger partial charge is 0.477 e. The van der Waals surface area contributed by atoms with Crippen LogP contribution in [0.15, 0.2) is 18.3 Å². The fraction of sp³-hybridized carbons (Fsp3) is 0.400. The fourth-order valence-electron chi connectivity index (χ4n) is 2.39. The van der Waals surface area contributed by atoms with E-state index in [-0.39, 0.29) is 5.91 Å². The van der Waals surface area contributed by atoms with Crippen LogP contribution in [0.5, 0.6) is 5.88 Å². The van der Waals surface area contributed by atoms with Crippen molar-refractivity contribution in [2.75, 3.05) is 11.9 Å². The first kappa shape index (κ1) is 14.0. The summed E-state index contributed by atoms with van der Waals surface area (Å²) < 4.78 is 5.39. The van der Waals surface area contributed by atoms with Crippen molar-refractivity contribution in [1.82, 2.24) is 9.97 Å². The molecule has 1 N–H and O–H groups in total. The molecule has 3 rings (SSSR count). The van der Waals surface area contributed by atoms with Crippen molar-refractivity contribution in [1.29, 1.82) is 0 Å². The molecule has 1 aliphatic carbocycles. The Morgan fingerprint density at radius 2 is 2.29 bits per heavy atom. The normalized spacial score (nSPS) is 13.6. The Hall–Kier alpha value is -1.95. The van der Waals surface area contributed by atoms with Gasteiger partial charge in [-0.2, -0.15) is 0 Å². The number of aromatic nitrogens is 2. The molecule has 0 saturated heterocycles. The molecule has 0 saturated carbocycles. The molecule has 0 radical (unpaired) electrons. The number of hydrogen-bond donors (Lipinski definition) is 1. The summed E-state index contributed by atoms with van der Waals surface area (Å²) in [6, 6.07) is 3.44. The molecule has 0 bridgehead atoms. The van der Waals surface area contributed by atoms with Crippen LogP contribution in [-0.4, -0.2) is 22.5 Å². The van der Waals surface area contributed by atoms with Crippen molar-refractivity contribution in [3.63, 3.8) is 0 Å². The summed E-state index contributed by atoms with van der Waals surface area (Å²) in [5.41, 5.74) is 1.57. The van der Waals surface area contributed by atoms with Gasteiger partial charge in [-0.1, -0.05) is 0 Å². The van der Waals surface area contributed by atoms with Gasteiger partial charge in [0.1, 0.15) is 5.56 Å². The average Bonchev–Trinajstić information content (AvgIpc) is 2.90. The number of hydrogen-bond acceptors (Lipinski definition) is 5. The monoisotopic (exact) mass is 303 g/mol. The van der Waals surface area contributed by atoms with Crippen LogP contribution in [0.1, 0.15) is 40.7 Å². The molecule has 6 heteroatoms. The lowest BCUT2D eigenvalue weighted by Gasteiger charge is -2.07. The zero-order chi connectivity index (χ0) is 14.7. The molecule has 0 aliphatic heterocycles. The molecule has 0 atom stereocenters. The number of carbonyl (C=O) groups is 1. The van der Waals surface area contributed by atoms with Crippen LogP contribution >= 0.6 is 11.3 Å². The van der Waals surface area contributed by atoms with Crippen molar-refractivity contribution in [2.45, 2.75) is 32.6 Å². The smallest absolute Gasteiger partial charge is 0.262 e. The van der Waals surface area contributed by atoms with Crippen molar-refractivity contribution < 1.29 is 9.53 Å². The van der Waals surface area contributed by atoms with Crippen molar-refractivity contribution >= 4 is 22.4 Å². The van der Waals surface area contributed by atoms with Gasteiger partial charge in [0.2, 0.25) is 5.88 Å². The maximum atomic E-state index is 12.4. The summed E-state index contributed by atoms with van der Waals surface area (Å²) in [4.78, 5) is 22.3. The minimum absolute atomic E-state index is 0.224. The number of pyridine rings is 1. The predicted octanol–water partition coefficient (Wildman–Crippen LogP) is 3.07. The summed E-state index contributed by atoms with van der Waals surface area (Å²) in [5.74, 6) is 0.136. The summed E-state index contributed by atoms with van der Waals surface area (Å²) in [6.45, 7) is 2.34. The highest BCUT2D eigenvalue weighted by Gasteiger charge is 2.18. The number of aryl methyl sites for hydroxylation is 2. The standard InChI is InChI=1S/C15H17N3O2S/c1-2-20-14-10(6-5-9-16-14)13(19)18-15-17-11-7-3-4-8-12(11)21-15/h5-6,9H,2-4,7-8H2,1H3,(H,17,18,19). The third-order valence-corrected chi connectivity index (χ3v) is 4.44. The number of thiazole rings is 1. The first-order chi connectivity index (χ1) is 10.3. The Labute approximate surface area is 127 Å². The van der Waals surface area contributed by atoms with Crippen LogP contribution in [0.25, 0.3) is 0 Å². The first-order valence-electron chi connectivity index (χ1n) is 7.15. The van der Waals surface area contributed by atoms with Gasteiger partial charge in [0, 0.05) is 11.1 Å². The van der Waals surface area contributed by atoms with Gasteiger partial charge in [-0.3, -0.25) is 10.1 Å². The maximum Gasteiger partial charge on any atom is 0.262 e. The molecule has 0 fully saturated rings. The van der Waals surface area contributed by atoms with Crippen molar-refractivity contribution in [2.24, 2.45) is 0 Å². The lowest BCUT2D eigenvalue weighted by atomic mass is 10.0. The van der Waals surface area contributed by atoms with E-state index in [0.29, 0.717) is 23.2 Å². The SMILES string of the molecule is CCOc1ncccc1C(=O)Nc1nc2c(s1)CCCC2. The van der Waals surface area contributed by atoms with Gasteiger partial charge in [0.15, 0.2) is 5.13 Å². The third-order valence-electron chi connectivity index (χ3n) is 3.36. The number of nitrogens with zero attached hydrogens (tertiary/aromatic N) is 2. The molecular weight excluding hydrogens is 286 g/mol. The van der Waals surface area contributed by atoms with E-state index >= 15 is 0 Å². The number of anilines is 1. The van der Waals surface area contributed by atoms with E-state index in [1.165, 1.54) is 17.7 Å². The zero-order valence-corrected chi connectivity index (χ0v) is 12.7. The molecule has 5 nitrogen and oxygen atoms in total. The lowest BCUT2D eigenvalue weighted by molar-refractivity contribution is 0.102. The molecule has 0 unspecified atom stereocenters. The minimum Gasteiger partial charge on any atom is -0.477 e. The second kappa shape index (κ2) is 6.22. The van der Waals surface area contributed by atoms with Crippen LogP contribution < -0.4 is 10.1 Å². The highest BCUT2D eigenvalue weighted by atomic mass is 32.1. The zero-order valence-electron chi connectivity index (χ0n) is 11.9. The molecule has 0 spiro atoms. The van der Waals surface area contributed by atoms with Gasteiger partial charge in [-0.25, -0.2) is 9.97 Å². The number of amides is 1. The Balaban J connectivity index is 1.78. The van der Waals surface area contributed by atoms with Crippen LogP contribution in [0.3, 0.4) is 0 Å². The van der Waals surface area contributed by atoms with E-state index in [2.05, 4.69) is 15.3 Å². The van der Waals surface area contributed by atoms with E-state index in [0.717, 1.165) is 18.5 Å². The molecule has 2 aromatic heterocycles. The summed E-state index contributed by atoms with van der Waals surface area (Å²) in [6.07, 6.45) is 6.09. The average molecular weight is 303 g/mol. The number of nitrogens with one attached hydrogen (secondary N) is 1. The topological polar surface area (TPSA) is 64.1 Å². The van der Waals surface area contributed by atoms with Crippen molar-refractivity contribution in [3.8, 4) is 5.88 Å². The Kier molecular flexibility index (Phi) is 4.15. The lowest BCUT2D eigenvalue weighted by Crippen LogP contribution is -2.14. The molecule has 2 aromatic rings. The number of rotatable bonds is 4. The molecule has 2 heterocycles. The number of carbonyl (C=O) groups excluding carboxylic acids is 1. The quantitative estimate of drug-likeness (QED) is 0.943. The molecule has 110 valence electrons. The van der Waals surface area contributed by atoms with Gasteiger partial charge in [-0.05, 0) is 44.7 Å². The number of ether oxygens (including phenoxy) is 1. The highest BCUT2D eigenvalue weighted by Crippen LogP contribution is 2.30. The summed E-state index contributed by atoms with van der Waals surface area (Å²) >= 11 is 1.57. The van der Waals surface area contributed by atoms with Crippen LogP contribution in [-0.2, 0) is 12.8 Å². The summed E-state index contributed by atoms with van der Waals surface area (Å²) in [7, 11) is 0. The van der Waals surface area contributed by atoms with Crippen LogP contribution in [0.2, 0.25) is 0 Å². The fourth-order valence-corrected chi connectivity index (χ4v) is 3.43. The van der Waals surface area contributed by atoms with Gasteiger partial charge >= 0.3 is 0 Å². The highest BCUT2D eigenvalue weighted by molar-refractivity contribution is 7.15. The van der Waals surface area contributed by atoms with Crippen LogP contribution in [0, 0.1) is 0 Å². The van der Waals surface area contributed by atoms with Gasteiger partial charge < -0.3 is 4.74 Å². The Bertz CT molecular complexity index is 631. The molecule has 21 heavy (non-hydrogen) atoms. The maximum absolute atomic E-state index is 12.4. The minimum atomic E-state index is -0.224. The molecule has 0 aromatic carbocycles. The van der Waals surface area contributed by atoms with E-state index in [1.807, 2.05) is 6.92 Å². The second-order valence-corrected chi connectivity index (χ2v) is 5.92. The van der Waals surface area contributed by atoms with Gasteiger partial charge in [0.05, 0.1) is 12.3 Å². The van der Waals surface area contributed by atoms with Gasteiger partial charge in [-0.15, -0.1) is 11.3 Å². The molecule has 1 aliphatic rings. The predicted molar refractivity (Wildman–Crippen MR) is 82.1 cm³/mol. The van der Waals surface area contributed by atoms with E-state index in [4.69, 9.17) is 4.74 Å². The molecule has 1 amide bonds. The van der Waals surface area contributed by atoms with Gasteiger partial charge in [0.25, 0.3) is 5.91 Å². The first-order valence-corrected chi connectivity index (χ1v) is 7.97. The Morgan fingerprint density at radius 3 is 3.10 bits per heavy atom. The van der Waals surface area contributed by atoms with E-state index in [1.54, 1.807) is 29.7 Å².